The SMILES string of the molecule is Nc1nc(CC(=O)NC(CO)C(=O)O)cs1. The molecule has 5 N–H and O–H groups in total. The van der Waals surface area contributed by atoms with Gasteiger partial charge in [-0.05, 0) is 0 Å². The number of hydrogen-bond acceptors (Lipinski definition) is 6. The Balaban J connectivity index is 2.50. The van der Waals surface area contributed by atoms with E-state index in [4.69, 9.17) is 15.9 Å². The summed E-state index contributed by atoms with van der Waals surface area (Å²) in [6.07, 6.45) is -0.0581. The molecule has 7 nitrogen and oxygen atoms in total. The lowest BCUT2D eigenvalue weighted by molar-refractivity contribution is -0.142. The van der Waals surface area contributed by atoms with Crippen molar-refractivity contribution in [2.75, 3.05) is 12.3 Å². The number of rotatable bonds is 5. The number of nitrogens with two attached hydrogens (primary N) is 1. The van der Waals surface area contributed by atoms with Gasteiger partial charge in [-0.15, -0.1) is 11.3 Å². The first-order valence-electron chi connectivity index (χ1n) is 4.36. The van der Waals surface area contributed by atoms with Crippen LogP contribution in [0.2, 0.25) is 0 Å². The standard InChI is InChI=1S/C8H11N3O4S/c9-8-10-4(3-16-8)1-6(13)11-5(2-12)7(14)15/h3,5,12H,1-2H2,(H2,9,10)(H,11,13)(H,14,15). The Bertz CT molecular complexity index is 392. The van der Waals surface area contributed by atoms with Crippen molar-refractivity contribution in [3.05, 3.63) is 11.1 Å². The quantitative estimate of drug-likeness (QED) is 0.518. The maximum absolute atomic E-state index is 11.3. The molecule has 1 aromatic heterocycles. The van der Waals surface area contributed by atoms with Crippen LogP contribution in [0.15, 0.2) is 5.38 Å². The number of aliphatic hydroxyl groups excluding tert-OH is 1. The van der Waals surface area contributed by atoms with Gasteiger partial charge in [0.25, 0.3) is 0 Å². The van der Waals surface area contributed by atoms with Crippen LogP contribution in [0.1, 0.15) is 5.69 Å². The minimum absolute atomic E-state index is 0.0581. The van der Waals surface area contributed by atoms with Gasteiger partial charge in [-0.25, -0.2) is 9.78 Å². The molecule has 0 aromatic carbocycles. The zero-order chi connectivity index (χ0) is 12.1. The molecular formula is C8H11N3O4S. The number of aliphatic hydroxyl groups is 1. The molecule has 0 bridgehead atoms. The summed E-state index contributed by atoms with van der Waals surface area (Å²) in [5.41, 5.74) is 5.85. The van der Waals surface area contributed by atoms with E-state index in [1.165, 1.54) is 11.3 Å². The smallest absolute Gasteiger partial charge is 0.328 e. The number of anilines is 1. The van der Waals surface area contributed by atoms with Crippen molar-refractivity contribution >= 4 is 28.3 Å². The molecule has 1 heterocycles. The predicted octanol–water partition coefficient (Wildman–Crippen LogP) is -1.17. The maximum atomic E-state index is 11.3. The van der Waals surface area contributed by atoms with Gasteiger partial charge in [0, 0.05) is 5.38 Å². The fourth-order valence-electron chi connectivity index (χ4n) is 0.999. The number of amides is 1. The summed E-state index contributed by atoms with van der Waals surface area (Å²) in [6, 6.07) is -1.29. The van der Waals surface area contributed by atoms with E-state index >= 15 is 0 Å². The van der Waals surface area contributed by atoms with Gasteiger partial charge in [0.2, 0.25) is 5.91 Å². The van der Waals surface area contributed by atoms with Crippen LogP contribution in [-0.4, -0.2) is 39.7 Å². The molecule has 1 atom stereocenters. The second kappa shape index (κ2) is 5.42. The zero-order valence-corrected chi connectivity index (χ0v) is 9.03. The van der Waals surface area contributed by atoms with Gasteiger partial charge in [0.15, 0.2) is 5.13 Å². The van der Waals surface area contributed by atoms with E-state index in [1.54, 1.807) is 5.38 Å². The summed E-state index contributed by atoms with van der Waals surface area (Å²) >= 11 is 1.20. The molecule has 0 aliphatic rings. The monoisotopic (exact) mass is 245 g/mol. The molecule has 0 radical (unpaired) electrons. The molecule has 1 rings (SSSR count). The van der Waals surface area contributed by atoms with Gasteiger partial charge < -0.3 is 21.3 Å². The van der Waals surface area contributed by atoms with Crippen LogP contribution in [0.4, 0.5) is 5.13 Å². The number of aliphatic carboxylic acids is 1. The van der Waals surface area contributed by atoms with Crippen molar-refractivity contribution in [3.8, 4) is 0 Å². The molecule has 1 aromatic rings. The van der Waals surface area contributed by atoms with Crippen LogP contribution in [0.25, 0.3) is 0 Å². The number of carboxylic acid groups (broad SMARTS) is 1. The topological polar surface area (TPSA) is 126 Å². The molecule has 0 saturated heterocycles. The van der Waals surface area contributed by atoms with Crippen LogP contribution in [-0.2, 0) is 16.0 Å². The maximum Gasteiger partial charge on any atom is 0.328 e. The van der Waals surface area contributed by atoms with Gasteiger partial charge in [0.05, 0.1) is 18.7 Å². The summed E-state index contributed by atoms with van der Waals surface area (Å²) in [5, 5.41) is 21.4. The summed E-state index contributed by atoms with van der Waals surface area (Å²) in [5.74, 6) is -1.81. The van der Waals surface area contributed by atoms with Gasteiger partial charge in [-0.3, -0.25) is 4.79 Å². The number of nitrogens with zero attached hydrogens (tertiary/aromatic N) is 1. The fraction of sp³-hybridized carbons (Fsp3) is 0.375. The Morgan fingerprint density at radius 1 is 1.62 bits per heavy atom. The molecule has 88 valence electrons. The Hall–Kier alpha value is -1.67. The van der Waals surface area contributed by atoms with Gasteiger partial charge in [0.1, 0.15) is 6.04 Å². The van der Waals surface area contributed by atoms with Crippen LogP contribution >= 0.6 is 11.3 Å². The number of thiazole rings is 1. The Morgan fingerprint density at radius 2 is 2.31 bits per heavy atom. The Labute approximate surface area is 94.9 Å². The molecule has 1 amide bonds. The van der Waals surface area contributed by atoms with Crippen molar-refractivity contribution in [3.63, 3.8) is 0 Å². The van der Waals surface area contributed by atoms with Crippen molar-refractivity contribution < 1.29 is 19.8 Å². The number of nitrogen functional groups attached to an aromatic ring is 1. The summed E-state index contributed by atoms with van der Waals surface area (Å²) < 4.78 is 0. The van der Waals surface area contributed by atoms with Crippen LogP contribution in [0.5, 0.6) is 0 Å². The molecule has 0 fully saturated rings. The zero-order valence-electron chi connectivity index (χ0n) is 8.21. The second-order valence-electron chi connectivity index (χ2n) is 2.99. The average molecular weight is 245 g/mol. The molecular weight excluding hydrogens is 234 g/mol. The Morgan fingerprint density at radius 3 is 2.75 bits per heavy atom. The number of carboxylic acids is 1. The van der Waals surface area contributed by atoms with Crippen molar-refractivity contribution in [2.45, 2.75) is 12.5 Å². The lowest BCUT2D eigenvalue weighted by Gasteiger charge is -2.10. The van der Waals surface area contributed by atoms with E-state index in [0.29, 0.717) is 10.8 Å². The normalized spacial score (nSPS) is 12.1. The summed E-state index contributed by atoms with van der Waals surface area (Å²) in [4.78, 5) is 25.7. The number of hydrogen-bond donors (Lipinski definition) is 4. The molecule has 0 aliphatic heterocycles. The first-order valence-corrected chi connectivity index (χ1v) is 5.23. The molecule has 0 aliphatic carbocycles. The number of carbonyl (C=O) groups excluding carboxylic acids is 1. The molecule has 0 spiro atoms. The fourth-order valence-corrected chi connectivity index (χ4v) is 1.56. The van der Waals surface area contributed by atoms with E-state index in [9.17, 15) is 9.59 Å². The van der Waals surface area contributed by atoms with Gasteiger partial charge >= 0.3 is 5.97 Å². The first kappa shape index (κ1) is 12.4. The molecule has 8 heteroatoms. The van der Waals surface area contributed by atoms with Crippen molar-refractivity contribution in [2.24, 2.45) is 0 Å². The average Bonchev–Trinajstić information content (AvgIpc) is 2.60. The van der Waals surface area contributed by atoms with Crippen LogP contribution in [0, 0.1) is 0 Å². The van der Waals surface area contributed by atoms with Crippen molar-refractivity contribution in [1.82, 2.24) is 10.3 Å². The molecule has 1 unspecified atom stereocenters. The number of carbonyl (C=O) groups is 2. The Kier molecular flexibility index (Phi) is 4.20. The highest BCUT2D eigenvalue weighted by atomic mass is 32.1. The minimum Gasteiger partial charge on any atom is -0.480 e. The highest BCUT2D eigenvalue weighted by Gasteiger charge is 2.19. The minimum atomic E-state index is -1.29. The third kappa shape index (κ3) is 3.48. The highest BCUT2D eigenvalue weighted by Crippen LogP contribution is 2.11. The lowest BCUT2D eigenvalue weighted by atomic mass is 10.2. The van der Waals surface area contributed by atoms with E-state index < -0.39 is 24.5 Å². The lowest BCUT2D eigenvalue weighted by Crippen LogP contribution is -2.43. The second-order valence-corrected chi connectivity index (χ2v) is 3.88. The van der Waals surface area contributed by atoms with E-state index in [2.05, 4.69) is 10.3 Å². The van der Waals surface area contributed by atoms with Crippen molar-refractivity contribution in [1.29, 1.82) is 0 Å². The predicted molar refractivity (Wildman–Crippen MR) is 56.9 cm³/mol. The number of nitrogens with one attached hydrogen (secondary N) is 1. The van der Waals surface area contributed by atoms with Crippen LogP contribution < -0.4 is 11.1 Å². The number of aromatic nitrogens is 1. The summed E-state index contributed by atoms with van der Waals surface area (Å²) in [6.45, 7) is -0.653. The van der Waals surface area contributed by atoms with Gasteiger partial charge in [-0.2, -0.15) is 0 Å². The largest absolute Gasteiger partial charge is 0.480 e. The molecule has 16 heavy (non-hydrogen) atoms. The third-order valence-corrected chi connectivity index (χ3v) is 2.45. The van der Waals surface area contributed by atoms with E-state index in [0.717, 1.165) is 0 Å². The first-order chi connectivity index (χ1) is 7.52. The third-order valence-electron chi connectivity index (χ3n) is 1.73. The van der Waals surface area contributed by atoms with Crippen LogP contribution in [0.3, 0.4) is 0 Å². The summed E-state index contributed by atoms with van der Waals surface area (Å²) in [7, 11) is 0. The molecule has 0 saturated carbocycles. The van der Waals surface area contributed by atoms with E-state index in [-0.39, 0.29) is 6.42 Å². The van der Waals surface area contributed by atoms with E-state index in [1.807, 2.05) is 0 Å². The highest BCUT2D eigenvalue weighted by molar-refractivity contribution is 7.13. The van der Waals surface area contributed by atoms with Gasteiger partial charge in [-0.1, -0.05) is 0 Å².